The molecule has 0 bridgehead atoms. The lowest BCUT2D eigenvalue weighted by Gasteiger charge is -2.17. The molecule has 0 unspecified atom stereocenters. The molecule has 20 heavy (non-hydrogen) atoms. The van der Waals surface area contributed by atoms with Gasteiger partial charge in [0.25, 0.3) is 11.8 Å². The maximum Gasteiger partial charge on any atom is 0.361 e. The first-order chi connectivity index (χ1) is 9.59. The lowest BCUT2D eigenvalue weighted by atomic mass is 10.1. The van der Waals surface area contributed by atoms with Crippen molar-refractivity contribution >= 4 is 17.8 Å². The van der Waals surface area contributed by atoms with E-state index in [0.717, 1.165) is 6.42 Å². The summed E-state index contributed by atoms with van der Waals surface area (Å²) < 4.78 is 5.26. The van der Waals surface area contributed by atoms with Gasteiger partial charge in [-0.25, -0.2) is 4.79 Å². The number of amides is 2. The Morgan fingerprint density at radius 2 is 1.85 bits per heavy atom. The van der Waals surface area contributed by atoms with Crippen molar-refractivity contribution in [2.45, 2.75) is 19.4 Å². The zero-order valence-corrected chi connectivity index (χ0v) is 10.9. The van der Waals surface area contributed by atoms with Crippen molar-refractivity contribution in [2.24, 2.45) is 5.92 Å². The Kier molecular flexibility index (Phi) is 3.02. The maximum absolute atomic E-state index is 12.0. The first-order valence-electron chi connectivity index (χ1n) is 6.41. The molecule has 2 atom stereocenters. The van der Waals surface area contributed by atoms with Crippen LogP contribution in [0.15, 0.2) is 24.3 Å². The summed E-state index contributed by atoms with van der Waals surface area (Å²) in [6.45, 7) is 2.34. The summed E-state index contributed by atoms with van der Waals surface area (Å²) >= 11 is 0. The van der Waals surface area contributed by atoms with Crippen LogP contribution in [-0.4, -0.2) is 35.6 Å². The third kappa shape index (κ3) is 1.89. The molecule has 1 saturated heterocycles. The van der Waals surface area contributed by atoms with E-state index in [1.807, 2.05) is 6.92 Å². The van der Waals surface area contributed by atoms with Crippen LogP contribution in [0.5, 0.6) is 0 Å². The third-order valence-corrected chi connectivity index (χ3v) is 3.56. The number of hydrogen-bond acceptors (Lipinski definition) is 5. The van der Waals surface area contributed by atoms with Crippen molar-refractivity contribution in [3.8, 4) is 0 Å². The summed E-state index contributed by atoms with van der Waals surface area (Å²) in [7, 11) is 0. The molecule has 0 saturated carbocycles. The van der Waals surface area contributed by atoms with Gasteiger partial charge in [-0.1, -0.05) is 24.1 Å². The summed E-state index contributed by atoms with van der Waals surface area (Å²) in [5.74, 6) is -1.93. The Balaban J connectivity index is 1.78. The highest BCUT2D eigenvalue weighted by Gasteiger charge is 2.41. The summed E-state index contributed by atoms with van der Waals surface area (Å²) in [4.78, 5) is 41.0. The van der Waals surface area contributed by atoms with Gasteiger partial charge in [0.15, 0.2) is 6.10 Å². The minimum absolute atomic E-state index is 0.0117. The molecule has 2 amide bonds. The minimum atomic E-state index is -0.723. The molecular weight excluding hydrogens is 262 g/mol. The summed E-state index contributed by atoms with van der Waals surface area (Å²) in [6.07, 6.45) is 0.0290. The Hall–Kier alpha value is -2.21. The van der Waals surface area contributed by atoms with Crippen molar-refractivity contribution < 1.29 is 24.0 Å². The highest BCUT2D eigenvalue weighted by molar-refractivity contribution is 6.20. The Bertz CT molecular complexity index is 562. The van der Waals surface area contributed by atoms with Crippen molar-refractivity contribution in [1.29, 1.82) is 0 Å². The molecule has 0 aromatic heterocycles. The lowest BCUT2D eigenvalue weighted by molar-refractivity contribution is -0.180. The van der Waals surface area contributed by atoms with Crippen molar-refractivity contribution in [3.63, 3.8) is 0 Å². The molecule has 0 N–H and O–H groups in total. The van der Waals surface area contributed by atoms with E-state index >= 15 is 0 Å². The fourth-order valence-electron chi connectivity index (χ4n) is 2.39. The molecular formula is C14H13NO5. The second-order valence-electron chi connectivity index (χ2n) is 4.92. The molecule has 104 valence electrons. The Morgan fingerprint density at radius 1 is 1.25 bits per heavy atom. The van der Waals surface area contributed by atoms with Crippen LogP contribution in [0.3, 0.4) is 0 Å². The van der Waals surface area contributed by atoms with Crippen LogP contribution < -0.4 is 0 Å². The van der Waals surface area contributed by atoms with E-state index in [4.69, 9.17) is 9.57 Å². The number of nitrogens with zero attached hydrogens (tertiary/aromatic N) is 1. The van der Waals surface area contributed by atoms with E-state index < -0.39 is 23.9 Å². The molecule has 1 aromatic rings. The molecule has 2 heterocycles. The van der Waals surface area contributed by atoms with Gasteiger partial charge in [0.05, 0.1) is 11.1 Å². The molecule has 0 radical (unpaired) electrons. The Morgan fingerprint density at radius 3 is 2.35 bits per heavy atom. The van der Waals surface area contributed by atoms with Gasteiger partial charge in [-0.05, 0) is 24.5 Å². The quantitative estimate of drug-likeness (QED) is 0.757. The first-order valence-corrected chi connectivity index (χ1v) is 6.41. The van der Waals surface area contributed by atoms with Gasteiger partial charge in [-0.2, -0.15) is 0 Å². The van der Waals surface area contributed by atoms with Gasteiger partial charge >= 0.3 is 5.97 Å². The molecule has 2 aliphatic rings. The number of benzene rings is 1. The number of carbonyl (C=O) groups excluding carboxylic acids is 3. The SMILES string of the molecule is C[C@@H]1CCO[C@@H]1C(=O)ON1C(=O)c2ccccc2C1=O. The van der Waals surface area contributed by atoms with Gasteiger partial charge in [-0.3, -0.25) is 9.59 Å². The van der Waals surface area contributed by atoms with Crippen LogP contribution >= 0.6 is 0 Å². The third-order valence-electron chi connectivity index (χ3n) is 3.56. The predicted molar refractivity (Wildman–Crippen MR) is 66.6 cm³/mol. The highest BCUT2D eigenvalue weighted by atomic mass is 16.7. The zero-order valence-electron chi connectivity index (χ0n) is 10.9. The van der Waals surface area contributed by atoms with Gasteiger partial charge in [0.1, 0.15) is 0 Å². The van der Waals surface area contributed by atoms with Crippen LogP contribution in [0, 0.1) is 5.92 Å². The van der Waals surface area contributed by atoms with Crippen LogP contribution in [0.25, 0.3) is 0 Å². The first kappa shape index (κ1) is 12.8. The predicted octanol–water partition coefficient (Wildman–Crippen LogP) is 1.17. The molecule has 6 nitrogen and oxygen atoms in total. The fraction of sp³-hybridized carbons (Fsp3) is 0.357. The number of rotatable bonds is 2. The van der Waals surface area contributed by atoms with E-state index in [9.17, 15) is 14.4 Å². The summed E-state index contributed by atoms with van der Waals surface area (Å²) in [5, 5.41) is 0.515. The molecule has 0 spiro atoms. The van der Waals surface area contributed by atoms with E-state index in [-0.39, 0.29) is 17.0 Å². The van der Waals surface area contributed by atoms with Crippen molar-refractivity contribution in [2.75, 3.05) is 6.61 Å². The van der Waals surface area contributed by atoms with Crippen molar-refractivity contribution in [1.82, 2.24) is 5.06 Å². The largest absolute Gasteiger partial charge is 0.366 e. The molecule has 1 aromatic carbocycles. The maximum atomic E-state index is 12.0. The number of carbonyl (C=O) groups is 3. The van der Waals surface area contributed by atoms with Gasteiger partial charge in [0.2, 0.25) is 0 Å². The summed E-state index contributed by atoms with van der Waals surface area (Å²) in [6, 6.07) is 6.35. The van der Waals surface area contributed by atoms with Crippen LogP contribution in [0.4, 0.5) is 0 Å². The smallest absolute Gasteiger partial charge is 0.361 e. The minimum Gasteiger partial charge on any atom is -0.366 e. The second kappa shape index (κ2) is 4.72. The average molecular weight is 275 g/mol. The second-order valence-corrected chi connectivity index (χ2v) is 4.92. The number of fused-ring (bicyclic) bond motifs is 1. The standard InChI is InChI=1S/C14H13NO5/c1-8-6-7-19-11(8)14(18)20-15-12(16)9-4-2-3-5-10(9)13(15)17/h2-5,8,11H,6-7H2,1H3/t8-,11+/m1/s1. The Labute approximate surface area is 115 Å². The van der Waals surface area contributed by atoms with E-state index in [1.54, 1.807) is 12.1 Å². The van der Waals surface area contributed by atoms with Gasteiger partial charge in [0, 0.05) is 6.61 Å². The van der Waals surface area contributed by atoms with Crippen LogP contribution in [-0.2, 0) is 14.4 Å². The zero-order chi connectivity index (χ0) is 14.3. The number of imide groups is 1. The average Bonchev–Trinajstić information content (AvgIpc) is 2.97. The monoisotopic (exact) mass is 275 g/mol. The summed E-state index contributed by atoms with van der Waals surface area (Å²) in [5.41, 5.74) is 0.483. The number of hydrogen-bond donors (Lipinski definition) is 0. The van der Waals surface area contributed by atoms with Crippen LogP contribution in [0.1, 0.15) is 34.1 Å². The van der Waals surface area contributed by atoms with E-state index in [2.05, 4.69) is 0 Å². The normalized spacial score (nSPS) is 24.9. The van der Waals surface area contributed by atoms with E-state index in [1.165, 1.54) is 12.1 Å². The number of hydroxylamine groups is 2. The van der Waals surface area contributed by atoms with Crippen molar-refractivity contribution in [3.05, 3.63) is 35.4 Å². The number of ether oxygens (including phenoxy) is 1. The molecule has 2 aliphatic heterocycles. The fourth-order valence-corrected chi connectivity index (χ4v) is 2.39. The molecule has 1 fully saturated rings. The molecule has 0 aliphatic carbocycles. The van der Waals surface area contributed by atoms with Gasteiger partial charge < -0.3 is 9.57 Å². The topological polar surface area (TPSA) is 72.9 Å². The van der Waals surface area contributed by atoms with Gasteiger partial charge in [-0.15, -0.1) is 0 Å². The van der Waals surface area contributed by atoms with Crippen LogP contribution in [0.2, 0.25) is 0 Å². The molecule has 6 heteroatoms. The lowest BCUT2D eigenvalue weighted by Crippen LogP contribution is -2.38. The van der Waals surface area contributed by atoms with E-state index in [0.29, 0.717) is 11.7 Å². The molecule has 3 rings (SSSR count). The highest BCUT2D eigenvalue weighted by Crippen LogP contribution is 2.25.